The summed E-state index contributed by atoms with van der Waals surface area (Å²) in [6.45, 7) is 0. The van der Waals surface area contributed by atoms with E-state index in [4.69, 9.17) is 4.74 Å². The van der Waals surface area contributed by atoms with Crippen LogP contribution in [0.4, 0.5) is 5.13 Å². The standard InChI is InChI=1S/C17H19N3O4S/c1-24-11-8-6-10(7-9-11)15-19-20-17(25-15)18-14(21)12-4-2-3-5-13(12)16(22)23/h6-9,12-13H,2-5H2,1H3,(H,22,23)(H,18,20,21)/t12-,13+/m1/s1. The molecule has 0 aliphatic heterocycles. The summed E-state index contributed by atoms with van der Waals surface area (Å²) in [6, 6.07) is 7.39. The zero-order chi connectivity index (χ0) is 17.8. The number of rotatable bonds is 5. The second-order valence-electron chi connectivity index (χ2n) is 5.97. The molecule has 0 radical (unpaired) electrons. The maximum atomic E-state index is 12.5. The Morgan fingerprint density at radius 3 is 2.48 bits per heavy atom. The Labute approximate surface area is 149 Å². The first kappa shape index (κ1) is 17.3. The molecule has 1 heterocycles. The van der Waals surface area contributed by atoms with Gasteiger partial charge in [0.1, 0.15) is 10.8 Å². The van der Waals surface area contributed by atoms with Crippen molar-refractivity contribution < 1.29 is 19.4 Å². The van der Waals surface area contributed by atoms with Gasteiger partial charge in [0.2, 0.25) is 11.0 Å². The Balaban J connectivity index is 1.69. The molecule has 0 spiro atoms. The molecule has 2 N–H and O–H groups in total. The van der Waals surface area contributed by atoms with E-state index in [-0.39, 0.29) is 5.91 Å². The number of aliphatic carboxylic acids is 1. The SMILES string of the molecule is COc1ccc(-c2nnc(NC(=O)[C@@H]3CCCC[C@@H]3C(=O)O)s2)cc1. The van der Waals surface area contributed by atoms with E-state index in [9.17, 15) is 14.7 Å². The molecular formula is C17H19N3O4S. The van der Waals surface area contributed by atoms with Crippen molar-refractivity contribution in [2.24, 2.45) is 11.8 Å². The number of carbonyl (C=O) groups excluding carboxylic acids is 1. The van der Waals surface area contributed by atoms with E-state index in [1.807, 2.05) is 24.3 Å². The first-order valence-corrected chi connectivity index (χ1v) is 8.91. The first-order chi connectivity index (χ1) is 12.1. The lowest BCUT2D eigenvalue weighted by Gasteiger charge is -2.26. The molecule has 0 bridgehead atoms. The first-order valence-electron chi connectivity index (χ1n) is 8.10. The number of benzene rings is 1. The van der Waals surface area contributed by atoms with Crippen LogP contribution < -0.4 is 10.1 Å². The van der Waals surface area contributed by atoms with Gasteiger partial charge in [-0.25, -0.2) is 0 Å². The van der Waals surface area contributed by atoms with Gasteiger partial charge in [-0.3, -0.25) is 9.59 Å². The van der Waals surface area contributed by atoms with Gasteiger partial charge in [0, 0.05) is 5.56 Å². The number of carboxylic acid groups (broad SMARTS) is 1. The van der Waals surface area contributed by atoms with E-state index in [0.29, 0.717) is 23.0 Å². The predicted molar refractivity (Wildman–Crippen MR) is 93.6 cm³/mol. The highest BCUT2D eigenvalue weighted by Crippen LogP contribution is 2.32. The van der Waals surface area contributed by atoms with Crippen LogP contribution in [0.3, 0.4) is 0 Å². The molecule has 2 aromatic rings. The minimum absolute atomic E-state index is 0.287. The minimum atomic E-state index is -0.906. The van der Waals surface area contributed by atoms with Gasteiger partial charge in [-0.05, 0) is 37.1 Å². The van der Waals surface area contributed by atoms with E-state index in [1.165, 1.54) is 11.3 Å². The summed E-state index contributed by atoms with van der Waals surface area (Å²) in [5.41, 5.74) is 0.875. The van der Waals surface area contributed by atoms with E-state index >= 15 is 0 Å². The van der Waals surface area contributed by atoms with Crippen molar-refractivity contribution in [1.29, 1.82) is 0 Å². The normalized spacial score (nSPS) is 20.0. The lowest BCUT2D eigenvalue weighted by atomic mass is 9.79. The molecule has 8 heteroatoms. The Hall–Kier alpha value is -2.48. The number of ether oxygens (including phenoxy) is 1. The number of methoxy groups -OCH3 is 1. The van der Waals surface area contributed by atoms with Crippen molar-refractivity contribution in [2.45, 2.75) is 25.7 Å². The molecule has 1 fully saturated rings. The molecule has 132 valence electrons. The maximum Gasteiger partial charge on any atom is 0.307 e. The fourth-order valence-electron chi connectivity index (χ4n) is 3.06. The summed E-state index contributed by atoms with van der Waals surface area (Å²) in [6.07, 6.45) is 2.85. The molecular weight excluding hydrogens is 342 g/mol. The van der Waals surface area contributed by atoms with Gasteiger partial charge in [0.25, 0.3) is 0 Å². The number of amides is 1. The van der Waals surface area contributed by atoms with Crippen LogP contribution in [0, 0.1) is 11.8 Å². The van der Waals surface area contributed by atoms with Gasteiger partial charge in [0.05, 0.1) is 18.9 Å². The van der Waals surface area contributed by atoms with Crippen molar-refractivity contribution in [3.8, 4) is 16.3 Å². The van der Waals surface area contributed by atoms with Crippen LogP contribution in [0.5, 0.6) is 5.75 Å². The molecule has 1 aliphatic rings. The van der Waals surface area contributed by atoms with E-state index < -0.39 is 17.8 Å². The fraction of sp³-hybridized carbons (Fsp3) is 0.412. The van der Waals surface area contributed by atoms with Crippen LogP contribution in [0.25, 0.3) is 10.6 Å². The second kappa shape index (κ2) is 7.60. The molecule has 1 amide bonds. The number of nitrogens with one attached hydrogen (secondary N) is 1. The van der Waals surface area contributed by atoms with Gasteiger partial charge in [-0.2, -0.15) is 0 Å². The van der Waals surface area contributed by atoms with Crippen LogP contribution in [0.1, 0.15) is 25.7 Å². The Morgan fingerprint density at radius 1 is 1.16 bits per heavy atom. The van der Waals surface area contributed by atoms with Crippen molar-refractivity contribution in [1.82, 2.24) is 10.2 Å². The quantitative estimate of drug-likeness (QED) is 0.849. The highest BCUT2D eigenvalue weighted by Gasteiger charge is 2.36. The molecule has 0 unspecified atom stereocenters. The fourth-order valence-corrected chi connectivity index (χ4v) is 3.81. The largest absolute Gasteiger partial charge is 0.497 e. The van der Waals surface area contributed by atoms with Crippen LogP contribution in [0.2, 0.25) is 0 Å². The number of aromatic nitrogens is 2. The van der Waals surface area contributed by atoms with E-state index in [1.54, 1.807) is 7.11 Å². The van der Waals surface area contributed by atoms with Crippen LogP contribution in [-0.2, 0) is 9.59 Å². The van der Waals surface area contributed by atoms with Crippen molar-refractivity contribution >= 4 is 28.3 Å². The number of hydrogen-bond acceptors (Lipinski definition) is 6. The lowest BCUT2D eigenvalue weighted by molar-refractivity contribution is -0.147. The molecule has 3 rings (SSSR count). The zero-order valence-electron chi connectivity index (χ0n) is 13.8. The van der Waals surface area contributed by atoms with Gasteiger partial charge in [-0.1, -0.05) is 24.2 Å². The second-order valence-corrected chi connectivity index (χ2v) is 6.94. The average molecular weight is 361 g/mol. The molecule has 1 saturated carbocycles. The minimum Gasteiger partial charge on any atom is -0.497 e. The Morgan fingerprint density at radius 2 is 1.84 bits per heavy atom. The molecule has 25 heavy (non-hydrogen) atoms. The summed E-state index contributed by atoms with van der Waals surface area (Å²) in [4.78, 5) is 23.8. The van der Waals surface area contributed by atoms with Gasteiger partial charge >= 0.3 is 5.97 Å². The summed E-state index contributed by atoms with van der Waals surface area (Å²) in [7, 11) is 1.60. The summed E-state index contributed by atoms with van der Waals surface area (Å²) < 4.78 is 5.12. The summed E-state index contributed by atoms with van der Waals surface area (Å²) in [5, 5.41) is 21.2. The summed E-state index contributed by atoms with van der Waals surface area (Å²) in [5.74, 6) is -1.58. The van der Waals surface area contributed by atoms with Crippen molar-refractivity contribution in [3.05, 3.63) is 24.3 Å². The lowest BCUT2D eigenvalue weighted by Crippen LogP contribution is -2.36. The van der Waals surface area contributed by atoms with Gasteiger partial charge in [-0.15, -0.1) is 10.2 Å². The van der Waals surface area contributed by atoms with Crippen LogP contribution in [0.15, 0.2) is 24.3 Å². The van der Waals surface area contributed by atoms with Crippen LogP contribution >= 0.6 is 11.3 Å². The number of carbonyl (C=O) groups is 2. The third-order valence-corrected chi connectivity index (χ3v) is 5.30. The predicted octanol–water partition coefficient (Wildman–Crippen LogP) is 3.04. The summed E-state index contributed by atoms with van der Waals surface area (Å²) >= 11 is 1.26. The topological polar surface area (TPSA) is 101 Å². The van der Waals surface area contributed by atoms with E-state index in [0.717, 1.165) is 24.2 Å². The smallest absolute Gasteiger partial charge is 0.307 e. The maximum absolute atomic E-state index is 12.5. The Kier molecular flexibility index (Phi) is 5.28. The highest BCUT2D eigenvalue weighted by atomic mass is 32.1. The Bertz CT molecular complexity index is 760. The van der Waals surface area contributed by atoms with Crippen LogP contribution in [-0.4, -0.2) is 34.3 Å². The highest BCUT2D eigenvalue weighted by molar-refractivity contribution is 7.18. The monoisotopic (exact) mass is 361 g/mol. The third kappa shape index (κ3) is 3.96. The molecule has 1 aromatic carbocycles. The molecule has 1 aromatic heterocycles. The molecule has 1 aliphatic carbocycles. The number of anilines is 1. The van der Waals surface area contributed by atoms with Gasteiger partial charge < -0.3 is 15.2 Å². The molecule has 2 atom stereocenters. The molecule has 0 saturated heterocycles. The van der Waals surface area contributed by atoms with Crippen molar-refractivity contribution in [3.63, 3.8) is 0 Å². The number of nitrogens with zero attached hydrogens (tertiary/aromatic N) is 2. The number of carboxylic acids is 1. The zero-order valence-corrected chi connectivity index (χ0v) is 14.6. The average Bonchev–Trinajstić information content (AvgIpc) is 3.10. The van der Waals surface area contributed by atoms with E-state index in [2.05, 4.69) is 15.5 Å². The third-order valence-electron chi connectivity index (χ3n) is 4.41. The van der Waals surface area contributed by atoms with Crippen molar-refractivity contribution in [2.75, 3.05) is 12.4 Å². The van der Waals surface area contributed by atoms with Gasteiger partial charge in [0.15, 0.2) is 0 Å². The molecule has 7 nitrogen and oxygen atoms in total. The number of hydrogen-bond donors (Lipinski definition) is 2.